The molecule has 17 heavy (non-hydrogen) atoms. The van der Waals surface area contributed by atoms with Gasteiger partial charge in [-0.1, -0.05) is 6.42 Å². The summed E-state index contributed by atoms with van der Waals surface area (Å²) in [6.45, 7) is 4.95. The number of esters is 1. The molecule has 1 rings (SSSR count). The van der Waals surface area contributed by atoms with E-state index in [0.717, 1.165) is 25.8 Å². The normalized spacial score (nSPS) is 23.1. The van der Waals surface area contributed by atoms with Crippen molar-refractivity contribution in [2.75, 3.05) is 13.2 Å². The van der Waals surface area contributed by atoms with E-state index >= 15 is 0 Å². The summed E-state index contributed by atoms with van der Waals surface area (Å²) in [5.74, 6) is -0.505. The summed E-state index contributed by atoms with van der Waals surface area (Å²) in [4.78, 5) is 24.8. The molecule has 1 heterocycles. The molecule has 0 aromatic heterocycles. The van der Waals surface area contributed by atoms with E-state index in [9.17, 15) is 9.59 Å². The molecule has 1 aliphatic heterocycles. The average molecular weight is 242 g/mol. The van der Waals surface area contributed by atoms with E-state index in [1.807, 2.05) is 11.8 Å². The molecule has 1 fully saturated rings. The van der Waals surface area contributed by atoms with Crippen molar-refractivity contribution in [2.45, 2.75) is 51.6 Å². The highest BCUT2D eigenvalue weighted by Crippen LogP contribution is 2.20. The number of piperidine rings is 1. The second kappa shape index (κ2) is 6.59. The number of amides is 1. The maximum Gasteiger partial charge on any atom is 0.307 e. The topological polar surface area (TPSA) is 72.6 Å². The number of hydrogen-bond acceptors (Lipinski definition) is 4. The minimum Gasteiger partial charge on any atom is -0.466 e. The third-order valence-electron chi connectivity index (χ3n) is 3.21. The van der Waals surface area contributed by atoms with E-state index < -0.39 is 0 Å². The van der Waals surface area contributed by atoms with Gasteiger partial charge in [-0.3, -0.25) is 14.5 Å². The largest absolute Gasteiger partial charge is 0.466 e. The first-order valence-electron chi connectivity index (χ1n) is 6.27. The zero-order valence-electron chi connectivity index (χ0n) is 10.6. The van der Waals surface area contributed by atoms with Crippen LogP contribution in [0.1, 0.15) is 39.5 Å². The molecule has 0 aromatic carbocycles. The van der Waals surface area contributed by atoms with E-state index in [2.05, 4.69) is 0 Å². The van der Waals surface area contributed by atoms with Crippen LogP contribution in [0.25, 0.3) is 0 Å². The van der Waals surface area contributed by atoms with Crippen molar-refractivity contribution >= 4 is 11.9 Å². The Morgan fingerprint density at radius 3 is 2.76 bits per heavy atom. The first-order chi connectivity index (χ1) is 8.06. The Kier molecular flexibility index (Phi) is 5.41. The number of carbonyl (C=O) groups excluding carboxylic acids is 2. The molecule has 0 bridgehead atoms. The number of nitrogens with two attached hydrogens (primary N) is 1. The van der Waals surface area contributed by atoms with Gasteiger partial charge in [0.25, 0.3) is 0 Å². The minimum atomic E-state index is -0.291. The van der Waals surface area contributed by atoms with Crippen molar-refractivity contribution < 1.29 is 14.3 Å². The van der Waals surface area contributed by atoms with Crippen LogP contribution < -0.4 is 5.73 Å². The highest BCUT2D eigenvalue weighted by atomic mass is 16.5. The van der Waals surface area contributed by atoms with Crippen molar-refractivity contribution in [2.24, 2.45) is 5.73 Å². The van der Waals surface area contributed by atoms with E-state index in [0.29, 0.717) is 13.0 Å². The summed E-state index contributed by atoms with van der Waals surface area (Å²) in [6, 6.07) is -0.222. The summed E-state index contributed by atoms with van der Waals surface area (Å²) in [7, 11) is 0. The Balaban J connectivity index is 2.55. The molecular weight excluding hydrogens is 220 g/mol. The van der Waals surface area contributed by atoms with Gasteiger partial charge in [-0.05, 0) is 33.2 Å². The monoisotopic (exact) mass is 242 g/mol. The van der Waals surface area contributed by atoms with Gasteiger partial charge in [-0.2, -0.15) is 0 Å². The summed E-state index contributed by atoms with van der Waals surface area (Å²) in [6.07, 6.45) is 3.19. The fourth-order valence-electron chi connectivity index (χ4n) is 2.37. The van der Waals surface area contributed by atoms with Gasteiger partial charge in [0.1, 0.15) is 0 Å². The van der Waals surface area contributed by atoms with E-state index in [1.54, 1.807) is 6.92 Å². The number of primary amides is 1. The quantitative estimate of drug-likeness (QED) is 0.719. The van der Waals surface area contributed by atoms with Gasteiger partial charge in [-0.25, -0.2) is 0 Å². The van der Waals surface area contributed by atoms with Crippen LogP contribution in [-0.2, 0) is 14.3 Å². The van der Waals surface area contributed by atoms with Gasteiger partial charge < -0.3 is 10.5 Å². The SMILES string of the molecule is CCOC(=O)CC(C)N1CCCCC1C(N)=O. The lowest BCUT2D eigenvalue weighted by molar-refractivity contribution is -0.145. The van der Waals surface area contributed by atoms with Gasteiger partial charge in [-0.15, -0.1) is 0 Å². The van der Waals surface area contributed by atoms with E-state index in [-0.39, 0.29) is 24.0 Å². The number of ether oxygens (including phenoxy) is 1. The molecule has 1 aliphatic rings. The third-order valence-corrected chi connectivity index (χ3v) is 3.21. The standard InChI is InChI=1S/C12H22N2O3/c1-3-17-11(15)8-9(2)14-7-5-4-6-10(14)12(13)16/h9-10H,3-8H2,1-2H3,(H2,13,16). The molecule has 2 unspecified atom stereocenters. The average Bonchev–Trinajstić information content (AvgIpc) is 2.29. The lowest BCUT2D eigenvalue weighted by Gasteiger charge is -2.37. The van der Waals surface area contributed by atoms with Crippen LogP contribution in [0.4, 0.5) is 0 Å². The zero-order valence-corrected chi connectivity index (χ0v) is 10.6. The van der Waals surface area contributed by atoms with Crippen molar-refractivity contribution in [3.8, 4) is 0 Å². The number of carbonyl (C=O) groups is 2. The minimum absolute atomic E-state index is 0.00634. The lowest BCUT2D eigenvalue weighted by Crippen LogP contribution is -2.51. The Bertz CT molecular complexity index is 281. The Morgan fingerprint density at radius 1 is 1.47 bits per heavy atom. The maximum absolute atomic E-state index is 11.4. The molecular formula is C12H22N2O3. The van der Waals surface area contributed by atoms with Crippen LogP contribution in [-0.4, -0.2) is 42.0 Å². The van der Waals surface area contributed by atoms with Gasteiger partial charge in [0.2, 0.25) is 5.91 Å². The summed E-state index contributed by atoms with van der Waals surface area (Å²) >= 11 is 0. The second-order valence-electron chi connectivity index (χ2n) is 4.51. The molecule has 2 N–H and O–H groups in total. The van der Waals surface area contributed by atoms with Gasteiger partial charge >= 0.3 is 5.97 Å². The third kappa shape index (κ3) is 4.00. The fourth-order valence-corrected chi connectivity index (χ4v) is 2.37. The second-order valence-corrected chi connectivity index (χ2v) is 4.51. The maximum atomic E-state index is 11.4. The van der Waals surface area contributed by atoms with Crippen molar-refractivity contribution in [3.63, 3.8) is 0 Å². The Labute approximate surface area is 102 Å². The smallest absolute Gasteiger partial charge is 0.307 e. The van der Waals surface area contributed by atoms with Crippen LogP contribution in [0.2, 0.25) is 0 Å². The van der Waals surface area contributed by atoms with Gasteiger partial charge in [0, 0.05) is 6.04 Å². The first-order valence-corrected chi connectivity index (χ1v) is 6.27. The van der Waals surface area contributed by atoms with E-state index in [4.69, 9.17) is 10.5 Å². The lowest BCUT2D eigenvalue weighted by atomic mass is 9.98. The summed E-state index contributed by atoms with van der Waals surface area (Å²) in [5.41, 5.74) is 5.39. The number of likely N-dealkylation sites (tertiary alicyclic amines) is 1. The molecule has 1 amide bonds. The highest BCUT2D eigenvalue weighted by Gasteiger charge is 2.31. The highest BCUT2D eigenvalue weighted by molar-refractivity contribution is 5.80. The molecule has 0 spiro atoms. The van der Waals surface area contributed by atoms with Crippen molar-refractivity contribution in [3.05, 3.63) is 0 Å². The molecule has 5 nitrogen and oxygen atoms in total. The fraction of sp³-hybridized carbons (Fsp3) is 0.833. The molecule has 0 aliphatic carbocycles. The molecule has 0 radical (unpaired) electrons. The number of nitrogens with zero attached hydrogens (tertiary/aromatic N) is 1. The first kappa shape index (κ1) is 14.0. The van der Waals surface area contributed by atoms with Crippen LogP contribution in [0.3, 0.4) is 0 Å². The molecule has 1 saturated heterocycles. The molecule has 0 aromatic rings. The Morgan fingerprint density at radius 2 is 2.18 bits per heavy atom. The number of rotatable bonds is 5. The van der Waals surface area contributed by atoms with Crippen molar-refractivity contribution in [1.29, 1.82) is 0 Å². The predicted molar refractivity (Wildman–Crippen MR) is 64.3 cm³/mol. The van der Waals surface area contributed by atoms with Crippen LogP contribution in [0, 0.1) is 0 Å². The summed E-state index contributed by atoms with van der Waals surface area (Å²) in [5, 5.41) is 0. The van der Waals surface area contributed by atoms with Crippen LogP contribution in [0.5, 0.6) is 0 Å². The zero-order chi connectivity index (χ0) is 12.8. The van der Waals surface area contributed by atoms with Crippen LogP contribution in [0.15, 0.2) is 0 Å². The number of hydrogen-bond donors (Lipinski definition) is 1. The van der Waals surface area contributed by atoms with Crippen LogP contribution >= 0.6 is 0 Å². The van der Waals surface area contributed by atoms with Gasteiger partial charge in [0.15, 0.2) is 0 Å². The molecule has 98 valence electrons. The predicted octanol–water partition coefficient (Wildman–Crippen LogP) is 0.668. The van der Waals surface area contributed by atoms with Gasteiger partial charge in [0.05, 0.1) is 19.1 Å². The molecule has 5 heteroatoms. The summed E-state index contributed by atoms with van der Waals surface area (Å²) < 4.78 is 4.92. The molecule has 2 atom stereocenters. The molecule has 0 saturated carbocycles. The Hall–Kier alpha value is -1.10. The van der Waals surface area contributed by atoms with E-state index in [1.165, 1.54) is 0 Å². The van der Waals surface area contributed by atoms with Crippen molar-refractivity contribution in [1.82, 2.24) is 4.90 Å².